The highest BCUT2D eigenvalue weighted by Crippen LogP contribution is 2.18. The van der Waals surface area contributed by atoms with Crippen molar-refractivity contribution in [1.82, 2.24) is 10.2 Å². The van der Waals surface area contributed by atoms with E-state index in [0.29, 0.717) is 0 Å². The van der Waals surface area contributed by atoms with Crippen molar-refractivity contribution in [2.24, 2.45) is 0 Å². The van der Waals surface area contributed by atoms with Gasteiger partial charge in [0.25, 0.3) is 0 Å². The fourth-order valence-corrected chi connectivity index (χ4v) is 1.27. The van der Waals surface area contributed by atoms with Gasteiger partial charge in [-0.15, -0.1) is 0 Å². The predicted octanol–water partition coefficient (Wildman–Crippen LogP) is 0.368. The van der Waals surface area contributed by atoms with Gasteiger partial charge in [-0.25, -0.2) is 0 Å². The molecule has 0 saturated carbocycles. The van der Waals surface area contributed by atoms with Gasteiger partial charge in [0, 0.05) is 13.1 Å². The number of halogens is 3. The van der Waals surface area contributed by atoms with Crippen LogP contribution >= 0.6 is 0 Å². The lowest BCUT2D eigenvalue weighted by Crippen LogP contribution is -2.47. The Kier molecular flexibility index (Phi) is 5.21. The Morgan fingerprint density at radius 2 is 1.88 bits per heavy atom. The van der Waals surface area contributed by atoms with Crippen molar-refractivity contribution in [3.05, 3.63) is 0 Å². The summed E-state index contributed by atoms with van der Waals surface area (Å²) in [5.74, 6) is -1.13. The summed E-state index contributed by atoms with van der Waals surface area (Å²) >= 11 is 0. The van der Waals surface area contributed by atoms with Crippen LogP contribution in [0.3, 0.4) is 0 Å². The number of nitrogens with zero attached hydrogens (tertiary/aromatic N) is 1. The molecular formula is C9H17F3N2O2. The van der Waals surface area contributed by atoms with Crippen LogP contribution in [0.15, 0.2) is 0 Å². The number of alkyl halides is 3. The monoisotopic (exact) mass is 242 g/mol. The quantitative estimate of drug-likeness (QED) is 0.732. The van der Waals surface area contributed by atoms with Crippen LogP contribution < -0.4 is 5.32 Å². The fraction of sp³-hybridized carbons (Fsp3) is 0.889. The van der Waals surface area contributed by atoms with Gasteiger partial charge < -0.3 is 15.3 Å². The first-order chi connectivity index (χ1) is 7.02. The van der Waals surface area contributed by atoms with Crippen LogP contribution in [0.2, 0.25) is 0 Å². The third-order valence-electron chi connectivity index (χ3n) is 1.68. The molecule has 16 heavy (non-hydrogen) atoms. The predicted molar refractivity (Wildman–Crippen MR) is 52.9 cm³/mol. The number of carbonyl (C=O) groups excluding carboxylic acids is 1. The van der Waals surface area contributed by atoms with Crippen LogP contribution in [-0.4, -0.2) is 54.9 Å². The average molecular weight is 242 g/mol. The molecule has 1 atom stereocenters. The molecule has 0 aliphatic carbocycles. The van der Waals surface area contributed by atoms with E-state index in [0.717, 1.165) is 0 Å². The van der Waals surface area contributed by atoms with Crippen LogP contribution in [0.4, 0.5) is 13.2 Å². The highest BCUT2D eigenvalue weighted by atomic mass is 19.4. The Labute approximate surface area is 92.4 Å². The summed E-state index contributed by atoms with van der Waals surface area (Å²) in [6, 6.07) is 0. The second-order valence-corrected chi connectivity index (χ2v) is 4.30. The van der Waals surface area contributed by atoms with Crippen LogP contribution in [0.1, 0.15) is 13.3 Å². The van der Waals surface area contributed by atoms with Crippen LogP contribution in [-0.2, 0) is 4.79 Å². The molecule has 0 rings (SSSR count). The molecule has 0 radical (unpaired) electrons. The number of hydrogen-bond acceptors (Lipinski definition) is 3. The van der Waals surface area contributed by atoms with E-state index in [1.807, 2.05) is 5.32 Å². The van der Waals surface area contributed by atoms with Crippen molar-refractivity contribution in [2.75, 3.05) is 27.2 Å². The minimum Gasteiger partial charge on any atom is -0.387 e. The Balaban J connectivity index is 4.00. The van der Waals surface area contributed by atoms with Gasteiger partial charge in [-0.05, 0) is 21.0 Å². The van der Waals surface area contributed by atoms with Gasteiger partial charge in [-0.1, -0.05) is 0 Å². The summed E-state index contributed by atoms with van der Waals surface area (Å²) in [4.78, 5) is 12.5. The number of rotatable bonds is 5. The van der Waals surface area contributed by atoms with Crippen LogP contribution in [0, 0.1) is 0 Å². The van der Waals surface area contributed by atoms with E-state index in [9.17, 15) is 23.1 Å². The van der Waals surface area contributed by atoms with Gasteiger partial charge in [-0.2, -0.15) is 13.2 Å². The molecule has 0 aliphatic heterocycles. The Bertz CT molecular complexity index is 239. The molecular weight excluding hydrogens is 225 g/mol. The molecule has 0 aromatic rings. The number of hydrogen-bond donors (Lipinski definition) is 2. The molecule has 0 aliphatic rings. The minimum absolute atomic E-state index is 0.208. The van der Waals surface area contributed by atoms with E-state index >= 15 is 0 Å². The lowest BCUT2D eigenvalue weighted by Gasteiger charge is -2.27. The molecule has 7 heteroatoms. The van der Waals surface area contributed by atoms with E-state index < -0.39 is 24.1 Å². The number of carbonyl (C=O) groups is 1. The summed E-state index contributed by atoms with van der Waals surface area (Å²) < 4.78 is 35.4. The standard InChI is InChI=1S/C9H17F3N2O2/c1-8(16,6-14(2)3)5-13-7(15)4-9(10,11)12/h16H,4-6H2,1-3H3,(H,13,15). The number of nitrogens with one attached hydrogen (secondary N) is 1. The largest absolute Gasteiger partial charge is 0.397 e. The summed E-state index contributed by atoms with van der Waals surface area (Å²) in [6.07, 6.45) is -6.04. The summed E-state index contributed by atoms with van der Waals surface area (Å²) in [5.41, 5.74) is -1.25. The van der Waals surface area contributed by atoms with Crippen molar-refractivity contribution in [2.45, 2.75) is 25.1 Å². The fourth-order valence-electron chi connectivity index (χ4n) is 1.27. The first-order valence-electron chi connectivity index (χ1n) is 4.72. The molecule has 96 valence electrons. The minimum atomic E-state index is -4.52. The lowest BCUT2D eigenvalue weighted by molar-refractivity contribution is -0.154. The topological polar surface area (TPSA) is 52.6 Å². The van der Waals surface area contributed by atoms with E-state index in [1.165, 1.54) is 6.92 Å². The molecule has 4 nitrogen and oxygen atoms in total. The highest BCUT2D eigenvalue weighted by Gasteiger charge is 2.32. The van der Waals surface area contributed by atoms with Gasteiger partial charge in [0.1, 0.15) is 6.42 Å². The van der Waals surface area contributed by atoms with Crippen molar-refractivity contribution in [3.63, 3.8) is 0 Å². The van der Waals surface area contributed by atoms with Crippen molar-refractivity contribution in [3.8, 4) is 0 Å². The van der Waals surface area contributed by atoms with Gasteiger partial charge in [-0.3, -0.25) is 4.79 Å². The molecule has 0 aromatic carbocycles. The zero-order valence-electron chi connectivity index (χ0n) is 9.56. The van der Waals surface area contributed by atoms with Gasteiger partial charge >= 0.3 is 6.18 Å². The highest BCUT2D eigenvalue weighted by molar-refractivity contribution is 5.76. The smallest absolute Gasteiger partial charge is 0.387 e. The van der Waals surface area contributed by atoms with Gasteiger partial charge in [0.15, 0.2) is 0 Å². The maximum atomic E-state index is 11.8. The molecule has 1 unspecified atom stereocenters. The normalized spacial score (nSPS) is 16.0. The van der Waals surface area contributed by atoms with E-state index in [-0.39, 0.29) is 13.1 Å². The number of aliphatic hydroxyl groups is 1. The first kappa shape index (κ1) is 15.2. The summed E-state index contributed by atoms with van der Waals surface area (Å²) in [5, 5.41) is 11.7. The van der Waals surface area contributed by atoms with E-state index in [4.69, 9.17) is 0 Å². The summed E-state index contributed by atoms with van der Waals surface area (Å²) in [6.45, 7) is 1.49. The van der Waals surface area contributed by atoms with Crippen molar-refractivity contribution < 1.29 is 23.1 Å². The molecule has 0 aromatic heterocycles. The van der Waals surface area contributed by atoms with Crippen LogP contribution in [0.5, 0.6) is 0 Å². The third kappa shape index (κ3) is 8.49. The Morgan fingerprint density at radius 3 is 2.25 bits per heavy atom. The Hall–Kier alpha value is -0.820. The first-order valence-corrected chi connectivity index (χ1v) is 4.72. The number of likely N-dealkylation sites (N-methyl/N-ethyl adjacent to an activating group) is 1. The molecule has 2 N–H and O–H groups in total. The second kappa shape index (κ2) is 5.49. The molecule has 0 heterocycles. The maximum Gasteiger partial charge on any atom is 0.397 e. The second-order valence-electron chi connectivity index (χ2n) is 4.30. The van der Waals surface area contributed by atoms with E-state index in [2.05, 4.69) is 0 Å². The molecule has 0 fully saturated rings. The molecule has 0 spiro atoms. The number of amides is 1. The van der Waals surface area contributed by atoms with Gasteiger partial charge in [0.2, 0.25) is 5.91 Å². The van der Waals surface area contributed by atoms with Gasteiger partial charge in [0.05, 0.1) is 5.60 Å². The third-order valence-corrected chi connectivity index (χ3v) is 1.68. The maximum absolute atomic E-state index is 11.8. The molecule has 1 amide bonds. The van der Waals surface area contributed by atoms with Crippen LogP contribution in [0.25, 0.3) is 0 Å². The van der Waals surface area contributed by atoms with Crippen molar-refractivity contribution in [1.29, 1.82) is 0 Å². The molecule has 0 bridgehead atoms. The lowest BCUT2D eigenvalue weighted by atomic mass is 10.1. The van der Waals surface area contributed by atoms with Crippen molar-refractivity contribution >= 4 is 5.91 Å². The van der Waals surface area contributed by atoms with E-state index in [1.54, 1.807) is 19.0 Å². The zero-order chi connectivity index (χ0) is 13.0. The zero-order valence-corrected chi connectivity index (χ0v) is 9.56. The average Bonchev–Trinajstić information content (AvgIpc) is 1.95. The summed E-state index contributed by atoms with van der Waals surface area (Å²) in [7, 11) is 3.43. The molecule has 0 saturated heterocycles. The Morgan fingerprint density at radius 1 is 1.38 bits per heavy atom. The SMILES string of the molecule is CN(C)CC(C)(O)CNC(=O)CC(F)(F)F.